The number of benzene rings is 2. The summed E-state index contributed by atoms with van der Waals surface area (Å²) >= 11 is 0. The maximum Gasteiger partial charge on any atom is 0.360 e. The molecule has 2 aromatic rings. The van der Waals surface area contributed by atoms with E-state index in [0.717, 1.165) is 12.1 Å². The second kappa shape index (κ2) is 6.10. The highest BCUT2D eigenvalue weighted by Crippen LogP contribution is 2.42. The lowest BCUT2D eigenvalue weighted by Crippen LogP contribution is -2.37. The first-order chi connectivity index (χ1) is 11.9. The molecule has 1 aliphatic rings. The zero-order valence-electron chi connectivity index (χ0n) is 13.5. The van der Waals surface area contributed by atoms with Gasteiger partial charge >= 0.3 is 5.97 Å². The molecule has 2 aromatic carbocycles. The number of carbonyl (C=O) groups is 1. The van der Waals surface area contributed by atoms with Gasteiger partial charge in [0.1, 0.15) is 12.8 Å². The van der Waals surface area contributed by atoms with Gasteiger partial charge in [0.05, 0.1) is 12.7 Å². The Balaban J connectivity index is 2.30. The van der Waals surface area contributed by atoms with Crippen LogP contribution in [0.15, 0.2) is 53.6 Å². The molecule has 1 aliphatic heterocycles. The summed E-state index contributed by atoms with van der Waals surface area (Å²) in [6.45, 7) is 0. The molecule has 0 saturated heterocycles. The molecule has 1 atom stereocenters. The van der Waals surface area contributed by atoms with Crippen molar-refractivity contribution < 1.29 is 23.4 Å². The van der Waals surface area contributed by atoms with E-state index in [-0.39, 0.29) is 11.4 Å². The highest BCUT2D eigenvalue weighted by molar-refractivity contribution is 6.43. The number of hydrogen-bond acceptors (Lipinski definition) is 3. The van der Waals surface area contributed by atoms with E-state index in [0.29, 0.717) is 17.0 Å². The van der Waals surface area contributed by atoms with Crippen LogP contribution in [0.5, 0.6) is 5.75 Å². The van der Waals surface area contributed by atoms with Gasteiger partial charge in [-0.15, -0.1) is 4.59 Å². The molecule has 1 unspecified atom stereocenters. The fraction of sp³-hybridized carbons (Fsp3) is 0.111. The highest BCUT2D eigenvalue weighted by Gasteiger charge is 2.44. The first-order valence-corrected chi connectivity index (χ1v) is 7.38. The number of carboxylic acid groups (broad SMARTS) is 1. The first kappa shape index (κ1) is 16.8. The predicted octanol–water partition coefficient (Wildman–Crippen LogP) is 3.41. The Morgan fingerprint density at radius 2 is 1.76 bits per heavy atom. The van der Waals surface area contributed by atoms with Gasteiger partial charge in [0.2, 0.25) is 11.4 Å². The third-order valence-electron chi connectivity index (χ3n) is 4.03. The molecule has 0 radical (unpaired) electrons. The van der Waals surface area contributed by atoms with E-state index >= 15 is 0 Å². The molecule has 128 valence electrons. The second-order valence-corrected chi connectivity index (χ2v) is 5.55. The number of nitrogens with zero attached hydrogens (tertiary/aromatic N) is 2. The molecule has 0 aromatic heterocycles. The number of hydrogen-bond donors (Lipinski definition) is 1. The normalized spacial score (nSPS) is 19.4. The Hall–Kier alpha value is -3.06. The fourth-order valence-corrected chi connectivity index (χ4v) is 2.90. The Kier molecular flexibility index (Phi) is 4.10. The lowest BCUT2D eigenvalue weighted by Gasteiger charge is -2.27. The Bertz CT molecular complexity index is 904. The zero-order valence-corrected chi connectivity index (χ0v) is 13.5. The van der Waals surface area contributed by atoms with Gasteiger partial charge in [-0.05, 0) is 24.3 Å². The maximum atomic E-state index is 14.4. The molecule has 0 fully saturated rings. The molecule has 0 spiro atoms. The number of methoxy groups -OCH3 is 1. The van der Waals surface area contributed by atoms with Crippen molar-refractivity contribution in [3.8, 4) is 5.75 Å². The minimum atomic E-state index is -1.29. The number of rotatable bonds is 4. The molecule has 25 heavy (non-hydrogen) atoms. The minimum Gasteiger partial charge on any atom is -0.496 e. The quantitative estimate of drug-likeness (QED) is 0.864. The van der Waals surface area contributed by atoms with Crippen LogP contribution < -0.4 is 9.33 Å². The SMILES string of the molecule is COc1ccccc1C1=CC(C(=O)O)=N[N+]1(C)c1c(F)cccc1F. The van der Waals surface area contributed by atoms with Crippen LogP contribution in [0.4, 0.5) is 14.5 Å². The van der Waals surface area contributed by atoms with Crippen molar-refractivity contribution in [3.63, 3.8) is 0 Å². The molecular weight excluding hydrogens is 330 g/mol. The number of halogens is 2. The average Bonchev–Trinajstić information content (AvgIpc) is 2.93. The van der Waals surface area contributed by atoms with E-state index < -0.39 is 22.2 Å². The molecular formula is C18H15F2N2O3+. The topological polar surface area (TPSA) is 58.9 Å². The summed E-state index contributed by atoms with van der Waals surface area (Å²) in [5.41, 5.74) is 0.121. The number of carboxylic acids is 1. The van der Waals surface area contributed by atoms with E-state index in [4.69, 9.17) is 4.74 Å². The van der Waals surface area contributed by atoms with Crippen LogP contribution in [-0.2, 0) is 4.79 Å². The fourth-order valence-electron chi connectivity index (χ4n) is 2.90. The Morgan fingerprint density at radius 1 is 1.12 bits per heavy atom. The van der Waals surface area contributed by atoms with Crippen LogP contribution in [0, 0.1) is 11.6 Å². The number of ether oxygens (including phenoxy) is 1. The van der Waals surface area contributed by atoms with Gasteiger partial charge in [0.25, 0.3) is 0 Å². The smallest absolute Gasteiger partial charge is 0.360 e. The van der Waals surface area contributed by atoms with Crippen LogP contribution in [0.3, 0.4) is 0 Å². The first-order valence-electron chi connectivity index (χ1n) is 7.38. The van der Waals surface area contributed by atoms with Gasteiger partial charge in [-0.2, -0.15) is 0 Å². The van der Waals surface area contributed by atoms with Crippen molar-refractivity contribution in [1.82, 2.24) is 4.59 Å². The summed E-state index contributed by atoms with van der Waals surface area (Å²) in [4.78, 5) is 11.4. The van der Waals surface area contributed by atoms with E-state index in [9.17, 15) is 18.7 Å². The lowest BCUT2D eigenvalue weighted by molar-refractivity contribution is -0.129. The maximum absolute atomic E-state index is 14.4. The molecule has 1 heterocycles. The van der Waals surface area contributed by atoms with E-state index in [1.54, 1.807) is 24.3 Å². The van der Waals surface area contributed by atoms with E-state index in [2.05, 4.69) is 5.10 Å². The summed E-state index contributed by atoms with van der Waals surface area (Å²) in [6, 6.07) is 10.3. The van der Waals surface area contributed by atoms with E-state index in [1.165, 1.54) is 26.3 Å². The summed E-state index contributed by atoms with van der Waals surface area (Å²) in [6.07, 6.45) is 1.30. The summed E-state index contributed by atoms with van der Waals surface area (Å²) in [5.74, 6) is -2.49. The van der Waals surface area contributed by atoms with Crippen molar-refractivity contribution in [2.45, 2.75) is 0 Å². The third-order valence-corrected chi connectivity index (χ3v) is 4.03. The minimum absolute atomic E-state index is 0.291. The largest absolute Gasteiger partial charge is 0.496 e. The second-order valence-electron chi connectivity index (χ2n) is 5.55. The predicted molar refractivity (Wildman–Crippen MR) is 90.1 cm³/mol. The third kappa shape index (κ3) is 2.68. The Labute approximate surface area is 142 Å². The summed E-state index contributed by atoms with van der Waals surface area (Å²) < 4.78 is 33.4. The van der Waals surface area contributed by atoms with E-state index in [1.807, 2.05) is 0 Å². The molecule has 3 rings (SSSR count). The van der Waals surface area contributed by atoms with Crippen molar-refractivity contribution in [2.75, 3.05) is 14.2 Å². The molecule has 0 saturated carbocycles. The van der Waals surface area contributed by atoms with Crippen molar-refractivity contribution in [2.24, 2.45) is 5.10 Å². The van der Waals surface area contributed by atoms with Gasteiger partial charge in [-0.3, -0.25) is 0 Å². The lowest BCUT2D eigenvalue weighted by atomic mass is 10.1. The summed E-state index contributed by atoms with van der Waals surface area (Å²) in [7, 11) is 2.89. The van der Waals surface area contributed by atoms with Crippen LogP contribution >= 0.6 is 0 Å². The summed E-state index contributed by atoms with van der Waals surface area (Å²) in [5, 5.41) is 13.4. The highest BCUT2D eigenvalue weighted by atomic mass is 19.1. The van der Waals surface area contributed by atoms with Crippen molar-refractivity contribution in [1.29, 1.82) is 0 Å². The molecule has 1 N–H and O–H groups in total. The zero-order chi connectivity index (χ0) is 18.2. The monoisotopic (exact) mass is 345 g/mol. The number of quaternary nitrogens is 1. The molecule has 7 heteroatoms. The molecule has 0 bridgehead atoms. The molecule has 0 amide bonds. The average molecular weight is 345 g/mol. The van der Waals surface area contributed by atoms with Crippen LogP contribution in [0.25, 0.3) is 5.70 Å². The van der Waals surface area contributed by atoms with Gasteiger partial charge in [-0.1, -0.05) is 23.3 Å². The standard InChI is InChI=1S/C18H14F2N2O3/c1-22(17-12(19)7-5-8-13(17)20)15(10-14(21-22)18(23)24)11-6-3-4-9-16(11)25-2/h3-10H,1-2H3/p+1. The van der Waals surface area contributed by atoms with Gasteiger partial charge in [0.15, 0.2) is 17.3 Å². The van der Waals surface area contributed by atoms with Gasteiger partial charge < -0.3 is 9.84 Å². The van der Waals surface area contributed by atoms with Crippen LogP contribution in [0.1, 0.15) is 5.56 Å². The van der Waals surface area contributed by atoms with Gasteiger partial charge in [-0.25, -0.2) is 13.6 Å². The Morgan fingerprint density at radius 3 is 2.36 bits per heavy atom. The van der Waals surface area contributed by atoms with Crippen molar-refractivity contribution in [3.05, 3.63) is 65.7 Å². The van der Waals surface area contributed by atoms with Gasteiger partial charge in [0, 0.05) is 6.08 Å². The number of aliphatic carboxylic acids is 1. The van der Waals surface area contributed by atoms with Crippen molar-refractivity contribution >= 4 is 23.1 Å². The van der Waals surface area contributed by atoms with Crippen LogP contribution in [-0.4, -0.2) is 30.9 Å². The van der Waals surface area contributed by atoms with Crippen LogP contribution in [0.2, 0.25) is 0 Å². The number of para-hydroxylation sites is 2. The molecule has 5 nitrogen and oxygen atoms in total. The molecule has 0 aliphatic carbocycles.